The van der Waals surface area contributed by atoms with E-state index in [1.807, 2.05) is 0 Å². The van der Waals surface area contributed by atoms with Crippen LogP contribution in [0.3, 0.4) is 0 Å². The molecule has 1 fully saturated rings. The molecule has 0 radical (unpaired) electrons. The lowest BCUT2D eigenvalue weighted by atomic mass is 9.93. The van der Waals surface area contributed by atoms with Crippen molar-refractivity contribution in [2.45, 2.75) is 56.6 Å². The smallest absolute Gasteiger partial charge is 0.230 e. The highest BCUT2D eigenvalue weighted by Gasteiger charge is 2.20. The van der Waals surface area contributed by atoms with Crippen molar-refractivity contribution < 1.29 is 9.90 Å². The van der Waals surface area contributed by atoms with Crippen LogP contribution in [0.25, 0.3) is 0 Å². The molecular formula is C16H23NO2S. The van der Waals surface area contributed by atoms with Crippen LogP contribution < -0.4 is 5.32 Å². The minimum absolute atomic E-state index is 0.0947. The average molecular weight is 293 g/mol. The molecule has 2 N–H and O–H groups in total. The highest BCUT2D eigenvalue weighted by atomic mass is 32.2. The molecule has 0 unspecified atom stereocenters. The average Bonchev–Trinajstić information content (AvgIpc) is 2.42. The SMILES string of the molecule is Cc1ccc(C)c(SCC(=O)NC2CCC(O)CC2)c1. The Kier molecular flexibility index (Phi) is 5.49. The Morgan fingerprint density at radius 2 is 2.00 bits per heavy atom. The number of aryl methyl sites for hydroxylation is 2. The Hall–Kier alpha value is -1.00. The van der Waals surface area contributed by atoms with Crippen LogP contribution >= 0.6 is 11.8 Å². The topological polar surface area (TPSA) is 49.3 Å². The molecule has 1 amide bonds. The molecule has 20 heavy (non-hydrogen) atoms. The third-order valence-corrected chi connectivity index (χ3v) is 4.92. The second-order valence-electron chi connectivity index (χ2n) is 5.63. The number of nitrogens with one attached hydrogen (secondary N) is 1. The predicted octanol–water partition coefficient (Wildman–Crippen LogP) is 2.82. The van der Waals surface area contributed by atoms with Crippen LogP contribution in [0.4, 0.5) is 0 Å². The number of benzene rings is 1. The van der Waals surface area contributed by atoms with Gasteiger partial charge in [0.15, 0.2) is 0 Å². The molecule has 0 saturated heterocycles. The monoisotopic (exact) mass is 293 g/mol. The molecule has 2 rings (SSSR count). The number of rotatable bonds is 4. The van der Waals surface area contributed by atoms with Crippen molar-refractivity contribution in [3.63, 3.8) is 0 Å². The Bertz CT molecular complexity index is 468. The summed E-state index contributed by atoms with van der Waals surface area (Å²) in [5, 5.41) is 12.5. The van der Waals surface area contributed by atoms with Gasteiger partial charge in [-0.3, -0.25) is 4.79 Å². The lowest BCUT2D eigenvalue weighted by Crippen LogP contribution is -2.39. The Balaban J connectivity index is 1.79. The van der Waals surface area contributed by atoms with Crippen LogP contribution in [-0.2, 0) is 4.79 Å². The van der Waals surface area contributed by atoms with Crippen molar-refractivity contribution in [1.82, 2.24) is 5.32 Å². The number of aliphatic hydroxyl groups is 1. The lowest BCUT2D eigenvalue weighted by Gasteiger charge is -2.26. The fraction of sp³-hybridized carbons (Fsp3) is 0.562. The van der Waals surface area contributed by atoms with E-state index in [1.165, 1.54) is 16.0 Å². The second-order valence-corrected chi connectivity index (χ2v) is 6.65. The third-order valence-electron chi connectivity index (χ3n) is 3.76. The Labute approximate surface area is 125 Å². The Morgan fingerprint density at radius 1 is 1.30 bits per heavy atom. The van der Waals surface area contributed by atoms with E-state index in [-0.39, 0.29) is 18.1 Å². The largest absolute Gasteiger partial charge is 0.393 e. The quantitative estimate of drug-likeness (QED) is 0.839. The molecular weight excluding hydrogens is 270 g/mol. The van der Waals surface area contributed by atoms with Gasteiger partial charge in [0.1, 0.15) is 0 Å². The van der Waals surface area contributed by atoms with Crippen molar-refractivity contribution >= 4 is 17.7 Å². The first-order valence-corrected chi connectivity index (χ1v) is 8.20. The summed E-state index contributed by atoms with van der Waals surface area (Å²) in [6, 6.07) is 6.56. The van der Waals surface area contributed by atoms with Gasteiger partial charge in [-0.1, -0.05) is 17.7 Å². The number of hydrogen-bond acceptors (Lipinski definition) is 3. The maximum absolute atomic E-state index is 12.0. The van der Waals surface area contributed by atoms with Gasteiger partial charge in [-0.05, 0) is 51.2 Å². The van der Waals surface area contributed by atoms with Crippen LogP contribution in [0, 0.1) is 13.8 Å². The van der Waals surface area contributed by atoms with Crippen molar-refractivity contribution in [3.05, 3.63) is 29.3 Å². The first-order chi connectivity index (χ1) is 9.54. The van der Waals surface area contributed by atoms with Crippen LogP contribution in [0.5, 0.6) is 0 Å². The van der Waals surface area contributed by atoms with Crippen molar-refractivity contribution in [2.75, 3.05) is 5.75 Å². The van der Waals surface area contributed by atoms with Crippen molar-refractivity contribution in [3.8, 4) is 0 Å². The zero-order chi connectivity index (χ0) is 14.5. The van der Waals surface area contributed by atoms with Gasteiger partial charge in [-0.2, -0.15) is 0 Å². The first kappa shape index (κ1) is 15.4. The molecule has 1 saturated carbocycles. The molecule has 0 heterocycles. The van der Waals surface area contributed by atoms with Gasteiger partial charge < -0.3 is 10.4 Å². The number of carbonyl (C=O) groups excluding carboxylic acids is 1. The van der Waals surface area contributed by atoms with Gasteiger partial charge in [0.25, 0.3) is 0 Å². The molecule has 0 aromatic heterocycles. The van der Waals surface area contributed by atoms with Gasteiger partial charge in [0.2, 0.25) is 5.91 Å². The normalized spacial score (nSPS) is 22.6. The predicted molar refractivity (Wildman–Crippen MR) is 83.0 cm³/mol. The van der Waals surface area contributed by atoms with Crippen LogP contribution in [-0.4, -0.2) is 28.9 Å². The van der Waals surface area contributed by atoms with Crippen molar-refractivity contribution in [2.24, 2.45) is 0 Å². The summed E-state index contributed by atoms with van der Waals surface area (Å²) in [4.78, 5) is 13.1. The third kappa shape index (κ3) is 4.53. The molecule has 3 nitrogen and oxygen atoms in total. The molecule has 1 aliphatic carbocycles. The highest BCUT2D eigenvalue weighted by molar-refractivity contribution is 8.00. The molecule has 1 aliphatic rings. The fourth-order valence-corrected chi connectivity index (χ4v) is 3.43. The standard InChI is InChI=1S/C16H23NO2S/c1-11-3-4-12(2)15(9-11)20-10-16(19)17-13-5-7-14(18)8-6-13/h3-4,9,13-14,18H,5-8,10H2,1-2H3,(H,17,19). The lowest BCUT2D eigenvalue weighted by molar-refractivity contribution is -0.119. The van der Waals surface area contributed by atoms with E-state index in [0.29, 0.717) is 5.75 Å². The summed E-state index contributed by atoms with van der Waals surface area (Å²) < 4.78 is 0. The number of thioether (sulfide) groups is 1. The van der Waals surface area contributed by atoms with E-state index in [1.54, 1.807) is 11.8 Å². The first-order valence-electron chi connectivity index (χ1n) is 7.22. The maximum atomic E-state index is 12.0. The molecule has 0 atom stereocenters. The van der Waals surface area contributed by atoms with Crippen LogP contribution in [0.15, 0.2) is 23.1 Å². The van der Waals surface area contributed by atoms with Gasteiger partial charge in [-0.25, -0.2) is 0 Å². The van der Waals surface area contributed by atoms with Gasteiger partial charge in [-0.15, -0.1) is 11.8 Å². The molecule has 0 bridgehead atoms. The highest BCUT2D eigenvalue weighted by Crippen LogP contribution is 2.24. The minimum atomic E-state index is -0.174. The summed E-state index contributed by atoms with van der Waals surface area (Å²) >= 11 is 1.60. The molecule has 0 spiro atoms. The van der Waals surface area contributed by atoms with E-state index >= 15 is 0 Å². The van der Waals surface area contributed by atoms with Gasteiger partial charge in [0, 0.05) is 10.9 Å². The summed E-state index contributed by atoms with van der Waals surface area (Å²) in [7, 11) is 0. The fourth-order valence-electron chi connectivity index (χ4n) is 2.50. The van der Waals surface area contributed by atoms with E-state index in [2.05, 4.69) is 37.4 Å². The van der Waals surface area contributed by atoms with Crippen molar-refractivity contribution in [1.29, 1.82) is 0 Å². The number of carbonyl (C=O) groups is 1. The summed E-state index contributed by atoms with van der Waals surface area (Å²) in [6.07, 6.45) is 3.21. The number of hydrogen-bond donors (Lipinski definition) is 2. The van der Waals surface area contributed by atoms with Gasteiger partial charge in [0.05, 0.1) is 11.9 Å². The van der Waals surface area contributed by atoms with Crippen LogP contribution in [0.2, 0.25) is 0 Å². The summed E-state index contributed by atoms with van der Waals surface area (Å²) in [5.74, 6) is 0.556. The zero-order valence-corrected chi connectivity index (χ0v) is 13.0. The van der Waals surface area contributed by atoms with Crippen LogP contribution in [0.1, 0.15) is 36.8 Å². The number of amides is 1. The molecule has 1 aromatic rings. The second kappa shape index (κ2) is 7.14. The molecule has 0 aliphatic heterocycles. The minimum Gasteiger partial charge on any atom is -0.393 e. The Morgan fingerprint density at radius 3 is 2.70 bits per heavy atom. The van der Waals surface area contributed by atoms with E-state index < -0.39 is 0 Å². The maximum Gasteiger partial charge on any atom is 0.230 e. The summed E-state index contributed by atoms with van der Waals surface area (Å²) in [6.45, 7) is 4.14. The molecule has 110 valence electrons. The van der Waals surface area contributed by atoms with E-state index in [4.69, 9.17) is 0 Å². The number of aliphatic hydroxyl groups excluding tert-OH is 1. The van der Waals surface area contributed by atoms with Gasteiger partial charge >= 0.3 is 0 Å². The zero-order valence-electron chi connectivity index (χ0n) is 12.2. The molecule has 1 aromatic carbocycles. The van der Waals surface area contributed by atoms with E-state index in [0.717, 1.165) is 25.7 Å². The summed E-state index contributed by atoms with van der Waals surface area (Å²) in [5.41, 5.74) is 2.44. The van der Waals surface area contributed by atoms with E-state index in [9.17, 15) is 9.90 Å². The molecule has 4 heteroatoms.